The van der Waals surface area contributed by atoms with Crippen molar-refractivity contribution in [2.24, 2.45) is 0 Å². The SMILES string of the molecule is Cc1cc(C(=O)COc2ccc(Cl)cc2Br)c(C)n1CC1COc2ccccc2O1. The van der Waals surface area contributed by atoms with Crippen LogP contribution >= 0.6 is 27.5 Å². The average molecular weight is 491 g/mol. The summed E-state index contributed by atoms with van der Waals surface area (Å²) in [5.41, 5.74) is 2.53. The molecule has 0 aliphatic carbocycles. The minimum Gasteiger partial charge on any atom is -0.486 e. The highest BCUT2D eigenvalue weighted by molar-refractivity contribution is 9.10. The predicted molar refractivity (Wildman–Crippen MR) is 119 cm³/mol. The molecule has 1 aliphatic heterocycles. The van der Waals surface area contributed by atoms with Gasteiger partial charge in [-0.15, -0.1) is 0 Å². The van der Waals surface area contributed by atoms with E-state index in [1.807, 2.05) is 44.2 Å². The number of fused-ring (bicyclic) bond motifs is 1. The van der Waals surface area contributed by atoms with Gasteiger partial charge in [-0.2, -0.15) is 0 Å². The molecule has 1 aliphatic rings. The van der Waals surface area contributed by atoms with E-state index in [1.54, 1.807) is 18.2 Å². The van der Waals surface area contributed by atoms with Crippen LogP contribution in [0.5, 0.6) is 17.2 Å². The number of nitrogens with zero attached hydrogens (tertiary/aromatic N) is 1. The van der Waals surface area contributed by atoms with Crippen LogP contribution in [0.3, 0.4) is 0 Å². The highest BCUT2D eigenvalue weighted by Crippen LogP contribution is 2.32. The van der Waals surface area contributed by atoms with Crippen molar-refractivity contribution >= 4 is 33.3 Å². The molecule has 2 heterocycles. The van der Waals surface area contributed by atoms with Crippen LogP contribution in [0.2, 0.25) is 5.02 Å². The highest BCUT2D eigenvalue weighted by Gasteiger charge is 2.24. The van der Waals surface area contributed by atoms with Gasteiger partial charge >= 0.3 is 0 Å². The van der Waals surface area contributed by atoms with Crippen LogP contribution in [-0.2, 0) is 6.54 Å². The lowest BCUT2D eigenvalue weighted by Gasteiger charge is -2.27. The summed E-state index contributed by atoms with van der Waals surface area (Å²) in [6, 6.07) is 14.7. The summed E-state index contributed by atoms with van der Waals surface area (Å²) < 4.78 is 20.4. The van der Waals surface area contributed by atoms with Gasteiger partial charge in [0.25, 0.3) is 0 Å². The van der Waals surface area contributed by atoms with Crippen LogP contribution in [0.15, 0.2) is 53.0 Å². The van der Waals surface area contributed by atoms with E-state index in [4.69, 9.17) is 25.8 Å². The Balaban J connectivity index is 1.45. The van der Waals surface area contributed by atoms with Gasteiger partial charge in [-0.05, 0) is 66.2 Å². The van der Waals surface area contributed by atoms with Crippen molar-refractivity contribution in [1.29, 1.82) is 0 Å². The first kappa shape index (κ1) is 20.8. The molecule has 0 N–H and O–H groups in total. The van der Waals surface area contributed by atoms with Crippen LogP contribution in [0.4, 0.5) is 0 Å². The summed E-state index contributed by atoms with van der Waals surface area (Å²) in [6.07, 6.45) is -0.131. The normalized spacial score (nSPS) is 15.1. The third kappa shape index (κ3) is 4.35. The fourth-order valence-corrected chi connectivity index (χ4v) is 4.33. The maximum absolute atomic E-state index is 12.8. The molecular formula is C23H21BrClNO4. The molecule has 0 amide bonds. The Bertz CT molecular complexity index is 1090. The van der Waals surface area contributed by atoms with Crippen LogP contribution in [0, 0.1) is 13.8 Å². The molecule has 1 unspecified atom stereocenters. The maximum atomic E-state index is 12.8. The molecule has 5 nitrogen and oxygen atoms in total. The molecule has 0 spiro atoms. The Morgan fingerprint density at radius 1 is 1.20 bits per heavy atom. The van der Waals surface area contributed by atoms with Crippen molar-refractivity contribution in [3.05, 3.63) is 75.0 Å². The summed E-state index contributed by atoms with van der Waals surface area (Å²) in [5, 5.41) is 0.598. The van der Waals surface area contributed by atoms with Gasteiger partial charge in [-0.25, -0.2) is 0 Å². The molecule has 0 saturated heterocycles. The Morgan fingerprint density at radius 2 is 1.97 bits per heavy atom. The second-order valence-electron chi connectivity index (χ2n) is 7.18. The van der Waals surface area contributed by atoms with E-state index in [9.17, 15) is 4.79 Å². The van der Waals surface area contributed by atoms with Crippen molar-refractivity contribution in [2.75, 3.05) is 13.2 Å². The monoisotopic (exact) mass is 489 g/mol. The molecule has 156 valence electrons. The van der Waals surface area contributed by atoms with Gasteiger partial charge < -0.3 is 18.8 Å². The lowest BCUT2D eigenvalue weighted by Crippen LogP contribution is -2.33. The Kier molecular flexibility index (Phi) is 6.06. The molecule has 1 aromatic heterocycles. The van der Waals surface area contributed by atoms with Crippen LogP contribution < -0.4 is 14.2 Å². The van der Waals surface area contributed by atoms with E-state index in [2.05, 4.69) is 20.5 Å². The summed E-state index contributed by atoms with van der Waals surface area (Å²) in [5.74, 6) is 2.00. The smallest absolute Gasteiger partial charge is 0.202 e. The number of Topliss-reactive ketones (excluding diaryl/α,β-unsaturated/α-hetero) is 1. The van der Waals surface area contributed by atoms with E-state index in [0.29, 0.717) is 34.0 Å². The van der Waals surface area contributed by atoms with Gasteiger partial charge in [-0.3, -0.25) is 4.79 Å². The zero-order chi connectivity index (χ0) is 21.3. The molecule has 4 rings (SSSR count). The minimum absolute atomic E-state index is 0.0546. The largest absolute Gasteiger partial charge is 0.486 e. The zero-order valence-electron chi connectivity index (χ0n) is 16.7. The quantitative estimate of drug-likeness (QED) is 0.421. The average Bonchev–Trinajstić information content (AvgIpc) is 3.01. The van der Waals surface area contributed by atoms with Gasteiger partial charge in [0.05, 0.1) is 11.0 Å². The van der Waals surface area contributed by atoms with Crippen molar-refractivity contribution in [3.63, 3.8) is 0 Å². The number of rotatable bonds is 6. The Hall–Kier alpha value is -2.44. The number of carbonyl (C=O) groups excluding carboxylic acids is 1. The summed E-state index contributed by atoms with van der Waals surface area (Å²) >= 11 is 9.35. The molecule has 1 atom stereocenters. The van der Waals surface area contributed by atoms with Gasteiger partial charge in [0.1, 0.15) is 12.4 Å². The number of benzene rings is 2. The third-order valence-electron chi connectivity index (χ3n) is 5.08. The van der Waals surface area contributed by atoms with Gasteiger partial charge in [0.15, 0.2) is 24.2 Å². The van der Waals surface area contributed by atoms with Crippen molar-refractivity contribution in [1.82, 2.24) is 4.57 Å². The second kappa shape index (κ2) is 8.74. The van der Waals surface area contributed by atoms with E-state index in [0.717, 1.165) is 22.9 Å². The fourth-order valence-electron chi connectivity index (χ4n) is 3.53. The first-order valence-electron chi connectivity index (χ1n) is 9.58. The molecule has 2 aromatic carbocycles. The van der Waals surface area contributed by atoms with E-state index in [1.165, 1.54) is 0 Å². The lowest BCUT2D eigenvalue weighted by molar-refractivity contribution is 0.0777. The number of halogens is 2. The number of hydrogen-bond acceptors (Lipinski definition) is 4. The van der Waals surface area contributed by atoms with Gasteiger partial charge in [-0.1, -0.05) is 23.7 Å². The van der Waals surface area contributed by atoms with E-state index in [-0.39, 0.29) is 18.5 Å². The molecule has 0 fully saturated rings. The number of para-hydroxylation sites is 2. The van der Waals surface area contributed by atoms with Crippen molar-refractivity contribution < 1.29 is 19.0 Å². The summed E-state index contributed by atoms with van der Waals surface area (Å²) in [6.45, 7) is 4.93. The second-order valence-corrected chi connectivity index (χ2v) is 8.47. The fraction of sp³-hybridized carbons (Fsp3) is 0.261. The number of ether oxygens (including phenoxy) is 3. The number of ketones is 1. The molecule has 3 aromatic rings. The van der Waals surface area contributed by atoms with E-state index < -0.39 is 0 Å². The topological polar surface area (TPSA) is 49.7 Å². The molecule has 0 saturated carbocycles. The van der Waals surface area contributed by atoms with Crippen molar-refractivity contribution in [3.8, 4) is 17.2 Å². The van der Waals surface area contributed by atoms with Gasteiger partial charge in [0, 0.05) is 22.0 Å². The Morgan fingerprint density at radius 3 is 2.73 bits per heavy atom. The van der Waals surface area contributed by atoms with Crippen LogP contribution in [0.1, 0.15) is 21.7 Å². The van der Waals surface area contributed by atoms with Gasteiger partial charge in [0.2, 0.25) is 5.78 Å². The first-order chi connectivity index (χ1) is 14.4. The first-order valence-corrected chi connectivity index (χ1v) is 10.8. The molecule has 30 heavy (non-hydrogen) atoms. The molecular weight excluding hydrogens is 470 g/mol. The zero-order valence-corrected chi connectivity index (χ0v) is 19.0. The van der Waals surface area contributed by atoms with Crippen LogP contribution in [-0.4, -0.2) is 29.7 Å². The standard InChI is InChI=1S/C23H21BrClNO4/c1-14-9-18(20(27)13-29-21-8-7-16(25)10-19(21)24)15(2)26(14)11-17-12-28-22-5-3-4-6-23(22)30-17/h3-10,17H,11-13H2,1-2H3. The summed E-state index contributed by atoms with van der Waals surface area (Å²) in [4.78, 5) is 12.8. The molecule has 0 bridgehead atoms. The molecule has 0 radical (unpaired) electrons. The number of aromatic nitrogens is 1. The molecule has 7 heteroatoms. The van der Waals surface area contributed by atoms with Crippen LogP contribution in [0.25, 0.3) is 0 Å². The Labute approximate surface area is 188 Å². The lowest BCUT2D eigenvalue weighted by atomic mass is 10.1. The van der Waals surface area contributed by atoms with E-state index >= 15 is 0 Å². The summed E-state index contributed by atoms with van der Waals surface area (Å²) in [7, 11) is 0. The minimum atomic E-state index is -0.131. The predicted octanol–water partition coefficient (Wildman–Crippen LogP) is 5.62. The third-order valence-corrected chi connectivity index (χ3v) is 5.94. The number of aryl methyl sites for hydroxylation is 1. The number of carbonyl (C=O) groups is 1. The highest BCUT2D eigenvalue weighted by atomic mass is 79.9. The maximum Gasteiger partial charge on any atom is 0.202 e. The van der Waals surface area contributed by atoms with Crippen molar-refractivity contribution in [2.45, 2.75) is 26.5 Å². The number of hydrogen-bond donors (Lipinski definition) is 0.